The van der Waals surface area contributed by atoms with Crippen molar-refractivity contribution in [2.45, 2.75) is 30.6 Å². The van der Waals surface area contributed by atoms with Crippen molar-refractivity contribution in [2.75, 3.05) is 26.6 Å². The molecule has 26 heavy (non-hydrogen) atoms. The molecule has 0 saturated carbocycles. The molecule has 0 bridgehead atoms. The van der Waals surface area contributed by atoms with Crippen molar-refractivity contribution in [3.63, 3.8) is 0 Å². The molecule has 2 heterocycles. The normalized spacial score (nSPS) is 16.6. The molecule has 3 rings (SSSR count). The molecule has 1 fully saturated rings. The van der Waals surface area contributed by atoms with Crippen molar-refractivity contribution in [1.82, 2.24) is 14.8 Å². The van der Waals surface area contributed by atoms with Crippen molar-refractivity contribution in [3.8, 4) is 11.5 Å². The third kappa shape index (κ3) is 4.10. The van der Waals surface area contributed by atoms with Gasteiger partial charge in [0.15, 0.2) is 10.9 Å². The van der Waals surface area contributed by atoms with E-state index in [0.29, 0.717) is 28.8 Å². The average Bonchev–Trinajstić information content (AvgIpc) is 3.30. The highest BCUT2D eigenvalue weighted by atomic mass is 32.2. The van der Waals surface area contributed by atoms with Crippen LogP contribution in [0.3, 0.4) is 0 Å². The summed E-state index contributed by atoms with van der Waals surface area (Å²) >= 11 is 1.21. The fourth-order valence-electron chi connectivity index (χ4n) is 2.80. The summed E-state index contributed by atoms with van der Waals surface area (Å²) in [5, 5.41) is 6.94. The zero-order chi connectivity index (χ0) is 18.5. The SMILES string of the molecule is COc1ccc(C(=O)CSc2n[nH]c(=O)n2C[C@@H]2CCCO2)c(OC)c1. The van der Waals surface area contributed by atoms with Crippen molar-refractivity contribution in [3.05, 3.63) is 34.2 Å². The van der Waals surface area contributed by atoms with Gasteiger partial charge in [-0.3, -0.25) is 9.36 Å². The van der Waals surface area contributed by atoms with Crippen LogP contribution in [0.2, 0.25) is 0 Å². The monoisotopic (exact) mass is 379 g/mol. The number of Topliss-reactive ketones (excluding diaryl/α,β-unsaturated/α-hetero) is 1. The zero-order valence-electron chi connectivity index (χ0n) is 14.7. The van der Waals surface area contributed by atoms with E-state index in [2.05, 4.69) is 10.2 Å². The molecule has 2 aromatic rings. The van der Waals surface area contributed by atoms with Gasteiger partial charge in [0.05, 0.1) is 38.2 Å². The summed E-state index contributed by atoms with van der Waals surface area (Å²) < 4.78 is 17.5. The lowest BCUT2D eigenvalue weighted by atomic mass is 10.1. The number of methoxy groups -OCH3 is 2. The highest BCUT2D eigenvalue weighted by Crippen LogP contribution is 2.27. The second-order valence-corrected chi connectivity index (χ2v) is 6.78. The van der Waals surface area contributed by atoms with Gasteiger partial charge in [0.2, 0.25) is 0 Å². The van der Waals surface area contributed by atoms with Crippen LogP contribution < -0.4 is 15.2 Å². The maximum absolute atomic E-state index is 12.6. The zero-order valence-corrected chi connectivity index (χ0v) is 15.5. The Kier molecular flexibility index (Phi) is 6.00. The van der Waals surface area contributed by atoms with Crippen LogP contribution in [0.4, 0.5) is 0 Å². The van der Waals surface area contributed by atoms with E-state index in [1.807, 2.05) is 0 Å². The van der Waals surface area contributed by atoms with E-state index in [-0.39, 0.29) is 23.3 Å². The molecule has 1 saturated heterocycles. The molecule has 1 aliphatic rings. The lowest BCUT2D eigenvalue weighted by Gasteiger charge is -2.11. The number of nitrogens with zero attached hydrogens (tertiary/aromatic N) is 2. The van der Waals surface area contributed by atoms with Crippen molar-refractivity contribution >= 4 is 17.5 Å². The molecular formula is C17H21N3O5S. The predicted octanol–water partition coefficient (Wildman–Crippen LogP) is 1.74. The minimum Gasteiger partial charge on any atom is -0.497 e. The lowest BCUT2D eigenvalue weighted by Crippen LogP contribution is -2.25. The Bertz CT molecular complexity index is 826. The summed E-state index contributed by atoms with van der Waals surface area (Å²) in [6.45, 7) is 1.16. The molecule has 0 radical (unpaired) electrons. The fraction of sp³-hybridized carbons (Fsp3) is 0.471. The van der Waals surface area contributed by atoms with Crippen LogP contribution in [0, 0.1) is 0 Å². The largest absolute Gasteiger partial charge is 0.497 e. The molecule has 140 valence electrons. The van der Waals surface area contributed by atoms with Crippen LogP contribution in [0.25, 0.3) is 0 Å². The second kappa shape index (κ2) is 8.41. The number of H-pyrrole nitrogens is 1. The number of ketones is 1. The first kappa shape index (κ1) is 18.5. The van der Waals surface area contributed by atoms with Crippen LogP contribution in [-0.4, -0.2) is 53.2 Å². The smallest absolute Gasteiger partial charge is 0.344 e. The minimum atomic E-state index is -0.294. The highest BCUT2D eigenvalue weighted by Gasteiger charge is 2.21. The Balaban J connectivity index is 1.69. The Morgan fingerprint density at radius 1 is 1.42 bits per heavy atom. The standard InChI is InChI=1S/C17H21N3O5S/c1-23-11-5-6-13(15(8-11)24-2)14(21)10-26-17-19-18-16(22)20(17)9-12-4-3-7-25-12/h5-6,8,12H,3-4,7,9-10H2,1-2H3,(H,18,22)/t12-/m0/s1. The summed E-state index contributed by atoms with van der Waals surface area (Å²) in [4.78, 5) is 24.5. The van der Waals surface area contributed by atoms with Crippen molar-refractivity contribution < 1.29 is 19.0 Å². The maximum Gasteiger partial charge on any atom is 0.344 e. The number of nitrogens with one attached hydrogen (secondary N) is 1. The van der Waals surface area contributed by atoms with Gasteiger partial charge in [-0.05, 0) is 25.0 Å². The lowest BCUT2D eigenvalue weighted by molar-refractivity contribution is 0.0941. The Hall–Kier alpha value is -2.26. The van der Waals surface area contributed by atoms with Gasteiger partial charge >= 0.3 is 5.69 Å². The van der Waals surface area contributed by atoms with E-state index in [9.17, 15) is 9.59 Å². The molecule has 1 N–H and O–H groups in total. The number of carbonyl (C=O) groups is 1. The number of thioether (sulfide) groups is 1. The topological polar surface area (TPSA) is 95.4 Å². The van der Waals surface area contributed by atoms with Gasteiger partial charge in [-0.25, -0.2) is 9.89 Å². The van der Waals surface area contributed by atoms with Crippen LogP contribution in [-0.2, 0) is 11.3 Å². The van der Waals surface area contributed by atoms with Crippen LogP contribution in [0.1, 0.15) is 23.2 Å². The quantitative estimate of drug-likeness (QED) is 0.551. The Labute approximate surface area is 154 Å². The van der Waals surface area contributed by atoms with Gasteiger partial charge in [0, 0.05) is 12.7 Å². The number of carbonyl (C=O) groups excluding carboxylic acids is 1. The highest BCUT2D eigenvalue weighted by molar-refractivity contribution is 7.99. The average molecular weight is 379 g/mol. The Morgan fingerprint density at radius 3 is 2.96 bits per heavy atom. The van der Waals surface area contributed by atoms with Gasteiger partial charge in [0.1, 0.15) is 11.5 Å². The molecule has 0 aliphatic carbocycles. The van der Waals surface area contributed by atoms with E-state index in [4.69, 9.17) is 14.2 Å². The Morgan fingerprint density at radius 2 is 2.27 bits per heavy atom. The first-order valence-electron chi connectivity index (χ1n) is 8.27. The number of aromatic amines is 1. The number of hydrogen-bond acceptors (Lipinski definition) is 7. The van der Waals surface area contributed by atoms with Crippen LogP contribution >= 0.6 is 11.8 Å². The number of rotatable bonds is 8. The maximum atomic E-state index is 12.6. The fourth-order valence-corrected chi connectivity index (χ4v) is 3.64. The second-order valence-electron chi connectivity index (χ2n) is 5.84. The van der Waals surface area contributed by atoms with Crippen molar-refractivity contribution in [1.29, 1.82) is 0 Å². The molecule has 0 amide bonds. The van der Waals surface area contributed by atoms with Gasteiger partial charge < -0.3 is 14.2 Å². The van der Waals surface area contributed by atoms with E-state index in [1.165, 1.54) is 23.4 Å². The van der Waals surface area contributed by atoms with E-state index < -0.39 is 0 Å². The molecule has 1 aromatic carbocycles. The van der Waals surface area contributed by atoms with Gasteiger partial charge in [-0.2, -0.15) is 0 Å². The number of aromatic nitrogens is 3. The molecule has 1 atom stereocenters. The first-order valence-corrected chi connectivity index (χ1v) is 9.25. The molecular weight excluding hydrogens is 358 g/mol. The summed E-state index contributed by atoms with van der Waals surface area (Å²) in [5.41, 5.74) is 0.168. The third-order valence-electron chi connectivity index (χ3n) is 4.17. The molecule has 1 aromatic heterocycles. The van der Waals surface area contributed by atoms with Gasteiger partial charge in [0.25, 0.3) is 0 Å². The van der Waals surface area contributed by atoms with Gasteiger partial charge in [-0.15, -0.1) is 5.10 Å². The summed E-state index contributed by atoms with van der Waals surface area (Å²) in [6, 6.07) is 5.05. The third-order valence-corrected chi connectivity index (χ3v) is 5.15. The molecule has 8 nitrogen and oxygen atoms in total. The summed E-state index contributed by atoms with van der Waals surface area (Å²) in [7, 11) is 3.06. The van der Waals surface area contributed by atoms with E-state index in [0.717, 1.165) is 19.4 Å². The molecule has 9 heteroatoms. The van der Waals surface area contributed by atoms with Crippen LogP contribution in [0.15, 0.2) is 28.2 Å². The first-order chi connectivity index (χ1) is 12.6. The van der Waals surface area contributed by atoms with Crippen molar-refractivity contribution in [2.24, 2.45) is 0 Å². The number of ether oxygens (including phenoxy) is 3. The number of hydrogen-bond donors (Lipinski definition) is 1. The number of benzene rings is 1. The predicted molar refractivity (Wildman–Crippen MR) is 96.4 cm³/mol. The van der Waals surface area contributed by atoms with E-state index >= 15 is 0 Å². The minimum absolute atomic E-state index is 0.0158. The van der Waals surface area contributed by atoms with Gasteiger partial charge in [-0.1, -0.05) is 11.8 Å². The van der Waals surface area contributed by atoms with E-state index in [1.54, 1.807) is 25.3 Å². The summed E-state index contributed by atoms with van der Waals surface area (Å²) in [5.74, 6) is 1.09. The molecule has 1 aliphatic heterocycles. The van der Waals surface area contributed by atoms with Crippen LogP contribution in [0.5, 0.6) is 11.5 Å². The summed E-state index contributed by atoms with van der Waals surface area (Å²) in [6.07, 6.45) is 1.93. The molecule has 0 unspecified atom stereocenters. The molecule has 0 spiro atoms.